The quantitative estimate of drug-likeness (QED) is 0.194. The summed E-state index contributed by atoms with van der Waals surface area (Å²) in [6.07, 6.45) is 7.95. The van der Waals surface area contributed by atoms with Crippen LogP contribution in [0.3, 0.4) is 0 Å². The van der Waals surface area contributed by atoms with Gasteiger partial charge in [0, 0.05) is 38.1 Å². The number of allylic oxidation sites excluding steroid dienone is 1. The Kier molecular flexibility index (Phi) is 10.1. The maximum Gasteiger partial charge on any atom is 0.225 e. The van der Waals surface area contributed by atoms with Crippen LogP contribution in [0.25, 0.3) is 10.9 Å². The number of morpholine rings is 1. The van der Waals surface area contributed by atoms with Gasteiger partial charge in [0.2, 0.25) is 21.9 Å². The SMILES string of the molecule is C=NC(=NC1CCC(Oc2nc(N3CCOCC3)cc3ncccc23)CC1)N/C=C(\C)OCCNS(C)(=O)=O. The van der Waals surface area contributed by atoms with Crippen LogP contribution >= 0.6 is 0 Å². The van der Waals surface area contributed by atoms with Gasteiger partial charge in [-0.1, -0.05) is 0 Å². The maximum atomic E-state index is 11.1. The summed E-state index contributed by atoms with van der Waals surface area (Å²) < 4.78 is 42.0. The molecular formula is C26H37N7O5S. The van der Waals surface area contributed by atoms with Crippen LogP contribution in [-0.4, -0.2) is 88.9 Å². The van der Waals surface area contributed by atoms with Crippen molar-refractivity contribution in [2.45, 2.75) is 44.8 Å². The van der Waals surface area contributed by atoms with Gasteiger partial charge in [-0.2, -0.15) is 4.98 Å². The Bertz CT molecular complexity index is 1290. The number of sulfonamides is 1. The Labute approximate surface area is 229 Å². The van der Waals surface area contributed by atoms with Gasteiger partial charge >= 0.3 is 0 Å². The van der Waals surface area contributed by atoms with E-state index in [-0.39, 0.29) is 25.3 Å². The number of hydrogen-bond donors (Lipinski definition) is 2. The van der Waals surface area contributed by atoms with E-state index in [1.807, 2.05) is 18.2 Å². The predicted molar refractivity (Wildman–Crippen MR) is 152 cm³/mol. The predicted octanol–water partition coefficient (Wildman–Crippen LogP) is 2.23. The van der Waals surface area contributed by atoms with Crippen LogP contribution in [0.15, 0.2) is 46.3 Å². The Balaban J connectivity index is 1.31. The van der Waals surface area contributed by atoms with Crippen LogP contribution < -0.4 is 19.7 Å². The summed E-state index contributed by atoms with van der Waals surface area (Å²) in [6, 6.07) is 6.02. The largest absolute Gasteiger partial charge is 0.495 e. The average molecular weight is 560 g/mol. The van der Waals surface area contributed by atoms with Gasteiger partial charge < -0.3 is 24.4 Å². The Morgan fingerprint density at radius 2 is 2.05 bits per heavy atom. The Morgan fingerprint density at radius 3 is 2.77 bits per heavy atom. The third-order valence-corrected chi connectivity index (χ3v) is 7.19. The first-order valence-electron chi connectivity index (χ1n) is 13.1. The fraction of sp³-hybridized carbons (Fsp3) is 0.538. The number of ether oxygens (including phenoxy) is 3. The van der Waals surface area contributed by atoms with Crippen molar-refractivity contribution < 1.29 is 22.6 Å². The van der Waals surface area contributed by atoms with E-state index in [0.717, 1.165) is 61.7 Å². The number of fused-ring (bicyclic) bond motifs is 1. The zero-order valence-corrected chi connectivity index (χ0v) is 23.3. The molecule has 12 nitrogen and oxygen atoms in total. The van der Waals surface area contributed by atoms with Gasteiger partial charge in [-0.3, -0.25) is 4.98 Å². The smallest absolute Gasteiger partial charge is 0.225 e. The van der Waals surface area contributed by atoms with E-state index in [1.165, 1.54) is 0 Å². The lowest BCUT2D eigenvalue weighted by molar-refractivity contribution is 0.122. The minimum absolute atomic E-state index is 0.0384. The van der Waals surface area contributed by atoms with Gasteiger partial charge in [0.25, 0.3) is 0 Å². The second-order valence-electron chi connectivity index (χ2n) is 9.53. The molecule has 0 unspecified atom stereocenters. The van der Waals surface area contributed by atoms with Crippen LogP contribution in [0, 0.1) is 0 Å². The van der Waals surface area contributed by atoms with Crippen molar-refractivity contribution >= 4 is 39.4 Å². The minimum Gasteiger partial charge on any atom is -0.495 e. The van der Waals surface area contributed by atoms with E-state index in [0.29, 0.717) is 30.8 Å². The van der Waals surface area contributed by atoms with Gasteiger partial charge in [0.05, 0.1) is 36.4 Å². The third kappa shape index (κ3) is 8.87. The molecular weight excluding hydrogens is 522 g/mol. The summed E-state index contributed by atoms with van der Waals surface area (Å²) in [5, 5.41) is 3.93. The number of aliphatic imine (C=N–C) groups is 2. The average Bonchev–Trinajstić information content (AvgIpc) is 2.94. The molecule has 13 heteroatoms. The maximum absolute atomic E-state index is 11.1. The minimum atomic E-state index is -3.24. The van der Waals surface area contributed by atoms with Crippen LogP contribution in [-0.2, 0) is 19.5 Å². The normalized spacial score (nSPS) is 21.0. The fourth-order valence-electron chi connectivity index (χ4n) is 4.47. The third-order valence-electron chi connectivity index (χ3n) is 6.46. The second kappa shape index (κ2) is 13.7. The van der Waals surface area contributed by atoms with E-state index in [2.05, 4.69) is 31.6 Å². The molecule has 3 heterocycles. The van der Waals surface area contributed by atoms with E-state index in [4.69, 9.17) is 24.2 Å². The van der Waals surface area contributed by atoms with Crippen molar-refractivity contribution in [1.82, 2.24) is 20.0 Å². The van der Waals surface area contributed by atoms with Gasteiger partial charge in [0.1, 0.15) is 24.3 Å². The number of anilines is 1. The molecule has 0 spiro atoms. The van der Waals surface area contributed by atoms with Crippen molar-refractivity contribution in [1.29, 1.82) is 0 Å². The van der Waals surface area contributed by atoms with E-state index >= 15 is 0 Å². The van der Waals surface area contributed by atoms with Gasteiger partial charge in [0.15, 0.2) is 0 Å². The van der Waals surface area contributed by atoms with Gasteiger partial charge in [-0.15, -0.1) is 0 Å². The molecule has 0 amide bonds. The highest BCUT2D eigenvalue weighted by Gasteiger charge is 2.24. The standard InChI is InChI=1S/C26H37N7O5S/c1-19(37-14-11-30-39(3,34)35)18-29-26(27-2)31-20-6-8-21(9-7-20)38-25-22-5-4-10-28-23(22)17-24(32-25)33-12-15-36-16-13-33/h4-5,10,17-18,20-21,30H,2,6-9,11-16H2,1,3H3,(H,29,31)/b19-18+. The molecule has 212 valence electrons. The first-order valence-corrected chi connectivity index (χ1v) is 15.0. The zero-order chi connectivity index (χ0) is 27.7. The summed E-state index contributed by atoms with van der Waals surface area (Å²) in [6.45, 7) is 8.74. The molecule has 0 radical (unpaired) electrons. The number of rotatable bonds is 10. The molecule has 2 aliphatic rings. The molecule has 2 aromatic heterocycles. The summed E-state index contributed by atoms with van der Waals surface area (Å²) in [5.41, 5.74) is 0.869. The molecule has 1 saturated carbocycles. The van der Waals surface area contributed by atoms with E-state index < -0.39 is 10.0 Å². The number of nitrogens with zero attached hydrogens (tertiary/aromatic N) is 5. The van der Waals surface area contributed by atoms with Crippen LogP contribution in [0.2, 0.25) is 0 Å². The van der Waals surface area contributed by atoms with Crippen molar-refractivity contribution in [3.63, 3.8) is 0 Å². The van der Waals surface area contributed by atoms with E-state index in [1.54, 1.807) is 19.3 Å². The summed E-state index contributed by atoms with van der Waals surface area (Å²) in [7, 11) is -3.24. The van der Waals surface area contributed by atoms with Gasteiger partial charge in [-0.05, 0) is 51.5 Å². The van der Waals surface area contributed by atoms with Crippen molar-refractivity contribution in [3.8, 4) is 5.88 Å². The number of nitrogens with one attached hydrogen (secondary N) is 2. The van der Waals surface area contributed by atoms with Crippen molar-refractivity contribution in [2.75, 3.05) is 50.6 Å². The Morgan fingerprint density at radius 1 is 1.28 bits per heavy atom. The fourth-order valence-corrected chi connectivity index (χ4v) is 4.92. The van der Waals surface area contributed by atoms with E-state index in [9.17, 15) is 8.42 Å². The molecule has 0 atom stereocenters. The zero-order valence-electron chi connectivity index (χ0n) is 22.5. The first kappa shape index (κ1) is 28.7. The lowest BCUT2D eigenvalue weighted by atomic mass is 9.93. The summed E-state index contributed by atoms with van der Waals surface area (Å²) >= 11 is 0. The number of aromatic nitrogens is 2. The highest BCUT2D eigenvalue weighted by atomic mass is 32.2. The van der Waals surface area contributed by atoms with Crippen molar-refractivity contribution in [2.24, 2.45) is 9.98 Å². The molecule has 0 aromatic carbocycles. The molecule has 2 fully saturated rings. The van der Waals surface area contributed by atoms with Crippen LogP contribution in [0.4, 0.5) is 5.82 Å². The molecule has 1 aliphatic carbocycles. The van der Waals surface area contributed by atoms with Gasteiger partial charge in [-0.25, -0.2) is 23.1 Å². The lowest BCUT2D eigenvalue weighted by Crippen LogP contribution is -2.36. The van der Waals surface area contributed by atoms with Crippen LogP contribution in [0.5, 0.6) is 5.88 Å². The second-order valence-corrected chi connectivity index (χ2v) is 11.4. The molecule has 1 aliphatic heterocycles. The molecule has 39 heavy (non-hydrogen) atoms. The number of hydrogen-bond acceptors (Lipinski definition) is 9. The summed E-state index contributed by atoms with van der Waals surface area (Å²) in [4.78, 5) is 20.3. The first-order chi connectivity index (χ1) is 18.8. The molecule has 1 saturated heterocycles. The van der Waals surface area contributed by atoms with Crippen LogP contribution in [0.1, 0.15) is 32.6 Å². The molecule has 2 N–H and O–H groups in total. The van der Waals surface area contributed by atoms with Crippen molar-refractivity contribution in [3.05, 3.63) is 36.4 Å². The lowest BCUT2D eigenvalue weighted by Gasteiger charge is -2.30. The highest BCUT2D eigenvalue weighted by molar-refractivity contribution is 7.88. The number of guanidine groups is 1. The number of pyridine rings is 2. The monoisotopic (exact) mass is 559 g/mol. The topological polar surface area (TPSA) is 140 Å². The molecule has 0 bridgehead atoms. The highest BCUT2D eigenvalue weighted by Crippen LogP contribution is 2.31. The Hall–Kier alpha value is -3.29. The summed E-state index contributed by atoms with van der Waals surface area (Å²) in [5.74, 6) is 2.47. The molecule has 2 aromatic rings. The molecule has 4 rings (SSSR count).